The number of aliphatic carboxylic acids is 2. The smallest absolute Gasteiger partial charge is 0.128 e. The number of benzene rings is 1. The molecule has 0 spiro atoms. The van der Waals surface area contributed by atoms with Crippen LogP contribution in [-0.2, 0) is 9.59 Å². The third-order valence-electron chi connectivity index (χ3n) is 1.76. The van der Waals surface area contributed by atoms with Crippen LogP contribution in [0.2, 0.25) is 5.02 Å². The monoisotopic (exact) mass is 230 g/mol. The van der Waals surface area contributed by atoms with Gasteiger partial charge >= 0.3 is 0 Å². The molecule has 0 radical (unpaired) electrons. The first-order valence-corrected chi connectivity index (χ1v) is 4.18. The van der Waals surface area contributed by atoms with Crippen molar-refractivity contribution < 1.29 is 24.2 Å². The summed E-state index contributed by atoms with van der Waals surface area (Å²) >= 11 is 5.49. The topological polar surface area (TPSA) is 80.3 Å². The summed E-state index contributed by atoms with van der Waals surface area (Å²) in [6, 6.07) is 3.31. The molecule has 0 saturated carbocycles. The Morgan fingerprint density at radius 2 is 1.80 bits per heavy atom. The van der Waals surface area contributed by atoms with Crippen molar-refractivity contribution in [2.75, 3.05) is 0 Å². The first-order chi connectivity index (χ1) is 6.95. The van der Waals surface area contributed by atoms with Gasteiger partial charge in [-0.2, -0.15) is 0 Å². The first kappa shape index (κ1) is 11.5. The lowest BCUT2D eigenvalue weighted by Gasteiger charge is -2.20. The number of hydrogen-bond acceptors (Lipinski definition) is 4. The molecule has 80 valence electrons. The van der Waals surface area contributed by atoms with E-state index >= 15 is 0 Å². The van der Waals surface area contributed by atoms with Gasteiger partial charge in [0, 0.05) is 10.6 Å². The van der Waals surface area contributed by atoms with Crippen LogP contribution < -0.4 is 10.2 Å². The third kappa shape index (κ3) is 2.24. The minimum atomic E-state index is -2.21. The van der Waals surface area contributed by atoms with E-state index in [-0.39, 0.29) is 5.02 Å². The summed E-state index contributed by atoms with van der Waals surface area (Å²) in [5, 5.41) is 20.7. The summed E-state index contributed by atoms with van der Waals surface area (Å²) in [5.41, 5.74) is -0.654. The van der Waals surface area contributed by atoms with Gasteiger partial charge in [-0.1, -0.05) is 17.7 Å². The molecule has 0 aromatic heterocycles. The highest BCUT2D eigenvalue weighted by molar-refractivity contribution is 6.32. The molecule has 0 unspecified atom stereocenters. The molecule has 0 atom stereocenters. The van der Waals surface area contributed by atoms with E-state index in [4.69, 9.17) is 11.6 Å². The highest BCUT2D eigenvalue weighted by atomic mass is 35.5. The second kappa shape index (κ2) is 4.27. The van der Waals surface area contributed by atoms with E-state index in [9.17, 15) is 24.2 Å². The van der Waals surface area contributed by atoms with Crippen LogP contribution in [-0.4, -0.2) is 11.9 Å². The van der Waals surface area contributed by atoms with Gasteiger partial charge in [-0.15, -0.1) is 0 Å². The van der Waals surface area contributed by atoms with Crippen molar-refractivity contribution in [1.82, 2.24) is 0 Å². The van der Waals surface area contributed by atoms with Crippen molar-refractivity contribution in [2.24, 2.45) is 0 Å². The minimum absolute atomic E-state index is 0.298. The van der Waals surface area contributed by atoms with E-state index < -0.39 is 29.2 Å². The van der Waals surface area contributed by atoms with Crippen molar-refractivity contribution in [3.8, 4) is 0 Å². The van der Waals surface area contributed by atoms with Gasteiger partial charge in [-0.3, -0.25) is 0 Å². The fraction of sp³-hybridized carbons (Fsp3) is 0.111. The molecule has 0 amide bonds. The van der Waals surface area contributed by atoms with E-state index in [1.807, 2.05) is 0 Å². The Hall–Kier alpha value is -1.62. The van der Waals surface area contributed by atoms with Gasteiger partial charge in [-0.05, 0) is 12.1 Å². The lowest BCUT2D eigenvalue weighted by molar-refractivity contribution is -0.326. The summed E-state index contributed by atoms with van der Waals surface area (Å²) in [5.74, 6) is -7.18. The molecule has 0 fully saturated rings. The molecule has 0 aliphatic heterocycles. The largest absolute Gasteiger partial charge is 0.549 e. The highest BCUT2D eigenvalue weighted by Gasteiger charge is 2.21. The van der Waals surface area contributed by atoms with Crippen LogP contribution in [0.1, 0.15) is 11.5 Å². The number of carboxylic acids is 2. The Kier molecular flexibility index (Phi) is 3.26. The van der Waals surface area contributed by atoms with Crippen LogP contribution >= 0.6 is 11.6 Å². The van der Waals surface area contributed by atoms with E-state index in [0.717, 1.165) is 6.07 Å². The standard InChI is InChI=1S/C9H6ClFO4/c10-4-2-1-3-5(11)6(4)7(8(12)13)9(14)15/h1-3,7H,(H,12,13)(H,14,15)/p-2. The number of carbonyl (C=O) groups is 2. The van der Waals surface area contributed by atoms with E-state index in [0.29, 0.717) is 0 Å². The van der Waals surface area contributed by atoms with Crippen LogP contribution in [0.15, 0.2) is 18.2 Å². The molecule has 0 N–H and O–H groups in total. The van der Waals surface area contributed by atoms with Gasteiger partial charge in [0.1, 0.15) is 5.82 Å². The van der Waals surface area contributed by atoms with Crippen LogP contribution in [0, 0.1) is 5.82 Å². The summed E-state index contributed by atoms with van der Waals surface area (Å²) < 4.78 is 13.2. The van der Waals surface area contributed by atoms with Crippen molar-refractivity contribution in [2.45, 2.75) is 5.92 Å². The molecule has 6 heteroatoms. The third-order valence-corrected chi connectivity index (χ3v) is 2.09. The van der Waals surface area contributed by atoms with Gasteiger partial charge in [0.25, 0.3) is 0 Å². The maximum atomic E-state index is 13.2. The lowest BCUT2D eigenvalue weighted by Crippen LogP contribution is -2.42. The molecule has 0 saturated heterocycles. The normalized spacial score (nSPS) is 10.3. The highest BCUT2D eigenvalue weighted by Crippen LogP contribution is 2.26. The number of rotatable bonds is 3. The molecule has 1 rings (SSSR count). The maximum Gasteiger partial charge on any atom is 0.128 e. The number of carboxylic acid groups (broad SMARTS) is 2. The Balaban J connectivity index is 3.35. The molecule has 0 aliphatic rings. The van der Waals surface area contributed by atoms with Crippen LogP contribution in [0.25, 0.3) is 0 Å². The SMILES string of the molecule is O=C([O-])C(C(=O)[O-])c1c(F)cccc1Cl. The fourth-order valence-corrected chi connectivity index (χ4v) is 1.39. The number of hydrogen-bond donors (Lipinski definition) is 0. The van der Waals surface area contributed by atoms with E-state index in [1.54, 1.807) is 0 Å². The minimum Gasteiger partial charge on any atom is -0.549 e. The predicted octanol–water partition coefficient (Wildman–Crippen LogP) is -0.937. The molecule has 0 heterocycles. The van der Waals surface area contributed by atoms with Crippen molar-refractivity contribution in [1.29, 1.82) is 0 Å². The molecular weight excluding hydrogens is 227 g/mol. The van der Waals surface area contributed by atoms with Crippen molar-refractivity contribution in [3.05, 3.63) is 34.6 Å². The zero-order valence-corrected chi connectivity index (χ0v) is 7.95. The summed E-state index contributed by atoms with van der Waals surface area (Å²) in [4.78, 5) is 21.0. The van der Waals surface area contributed by atoms with Gasteiger partial charge in [-0.25, -0.2) is 4.39 Å². The number of carbonyl (C=O) groups excluding carboxylic acids is 2. The summed E-state index contributed by atoms with van der Waals surface area (Å²) in [7, 11) is 0. The zero-order valence-electron chi connectivity index (χ0n) is 7.20. The van der Waals surface area contributed by atoms with Gasteiger partial charge < -0.3 is 19.8 Å². The average Bonchev–Trinajstić information content (AvgIpc) is 2.09. The van der Waals surface area contributed by atoms with Crippen LogP contribution in [0.3, 0.4) is 0 Å². The first-order valence-electron chi connectivity index (χ1n) is 3.80. The lowest BCUT2D eigenvalue weighted by atomic mass is 9.99. The second-order valence-corrected chi connectivity index (χ2v) is 3.11. The fourth-order valence-electron chi connectivity index (χ4n) is 1.12. The van der Waals surface area contributed by atoms with Crippen LogP contribution in [0.5, 0.6) is 0 Å². The Bertz CT molecular complexity index is 384. The molecule has 4 nitrogen and oxygen atoms in total. The Morgan fingerprint density at radius 3 is 2.20 bits per heavy atom. The molecule has 1 aromatic carbocycles. The van der Waals surface area contributed by atoms with Gasteiger partial charge in [0.15, 0.2) is 0 Å². The Labute approximate surface area is 88.9 Å². The van der Waals surface area contributed by atoms with E-state index in [2.05, 4.69) is 0 Å². The predicted molar refractivity (Wildman–Crippen MR) is 44.2 cm³/mol. The van der Waals surface area contributed by atoms with Crippen molar-refractivity contribution in [3.63, 3.8) is 0 Å². The van der Waals surface area contributed by atoms with Gasteiger partial charge in [0.05, 0.1) is 17.9 Å². The second-order valence-electron chi connectivity index (χ2n) is 2.71. The van der Waals surface area contributed by atoms with Crippen LogP contribution in [0.4, 0.5) is 4.39 Å². The molecule has 1 aromatic rings. The van der Waals surface area contributed by atoms with Gasteiger partial charge in [0.2, 0.25) is 0 Å². The quantitative estimate of drug-likeness (QED) is 0.628. The van der Waals surface area contributed by atoms with E-state index in [1.165, 1.54) is 12.1 Å². The molecule has 0 bridgehead atoms. The van der Waals surface area contributed by atoms with Crippen molar-refractivity contribution >= 4 is 23.5 Å². The molecule has 0 aliphatic carbocycles. The maximum absolute atomic E-state index is 13.2. The molecule has 15 heavy (non-hydrogen) atoms. The molecular formula is C9H4ClFO4-2. The number of halogens is 2. The zero-order chi connectivity index (χ0) is 11.6. The Morgan fingerprint density at radius 1 is 1.27 bits per heavy atom. The summed E-state index contributed by atoms with van der Waals surface area (Å²) in [6.45, 7) is 0. The average molecular weight is 231 g/mol. The summed E-state index contributed by atoms with van der Waals surface area (Å²) in [6.07, 6.45) is 0.